The van der Waals surface area contributed by atoms with Crippen LogP contribution in [0.15, 0.2) is 24.3 Å². The first-order valence-electron chi connectivity index (χ1n) is 6.79. The zero-order chi connectivity index (χ0) is 14.8. The van der Waals surface area contributed by atoms with Crippen molar-refractivity contribution in [2.75, 3.05) is 19.8 Å². The van der Waals surface area contributed by atoms with Crippen molar-refractivity contribution in [3.8, 4) is 18.1 Å². The molecule has 0 aliphatic heterocycles. The van der Waals surface area contributed by atoms with E-state index in [0.717, 1.165) is 17.7 Å². The van der Waals surface area contributed by atoms with Gasteiger partial charge in [-0.1, -0.05) is 25.0 Å². The minimum absolute atomic E-state index is 0.303. The second-order valence-corrected chi connectivity index (χ2v) is 4.19. The van der Waals surface area contributed by atoms with E-state index in [4.69, 9.17) is 15.9 Å². The molecule has 1 aromatic rings. The summed E-state index contributed by atoms with van der Waals surface area (Å²) in [6.45, 7) is 5.14. The third-order valence-corrected chi connectivity index (χ3v) is 2.62. The standard InChI is InChI=1S/C16H21NO3/c1-4-11-17-15(16(18)19-6-3)13-7-9-14(10-8-13)20-12-5-2/h1,7-10,15,17H,5-6,11-12H2,2-3H3. The highest BCUT2D eigenvalue weighted by Crippen LogP contribution is 2.19. The normalized spacial score (nSPS) is 11.4. The van der Waals surface area contributed by atoms with Gasteiger partial charge >= 0.3 is 5.97 Å². The maximum atomic E-state index is 11.9. The van der Waals surface area contributed by atoms with Crippen molar-refractivity contribution >= 4 is 5.97 Å². The van der Waals surface area contributed by atoms with Crippen LogP contribution in [0.2, 0.25) is 0 Å². The highest BCUT2D eigenvalue weighted by atomic mass is 16.5. The molecule has 0 heterocycles. The minimum atomic E-state index is -0.550. The molecule has 0 saturated carbocycles. The number of rotatable bonds is 8. The van der Waals surface area contributed by atoms with Gasteiger partial charge in [0.05, 0.1) is 19.8 Å². The van der Waals surface area contributed by atoms with Gasteiger partial charge in [0.2, 0.25) is 0 Å². The molecule has 0 saturated heterocycles. The Morgan fingerprint density at radius 2 is 2.05 bits per heavy atom. The lowest BCUT2D eigenvalue weighted by Crippen LogP contribution is -2.30. The summed E-state index contributed by atoms with van der Waals surface area (Å²) < 4.78 is 10.6. The quantitative estimate of drug-likeness (QED) is 0.584. The van der Waals surface area contributed by atoms with E-state index in [1.807, 2.05) is 24.3 Å². The van der Waals surface area contributed by atoms with Crippen LogP contribution >= 0.6 is 0 Å². The van der Waals surface area contributed by atoms with Gasteiger partial charge in [-0.3, -0.25) is 5.32 Å². The van der Waals surface area contributed by atoms with Gasteiger partial charge in [0.25, 0.3) is 0 Å². The van der Waals surface area contributed by atoms with E-state index in [9.17, 15) is 4.79 Å². The van der Waals surface area contributed by atoms with Crippen LogP contribution in [0, 0.1) is 12.3 Å². The molecule has 0 bridgehead atoms. The lowest BCUT2D eigenvalue weighted by molar-refractivity contribution is -0.145. The largest absolute Gasteiger partial charge is 0.494 e. The van der Waals surface area contributed by atoms with Gasteiger partial charge < -0.3 is 9.47 Å². The number of ether oxygens (including phenoxy) is 2. The number of nitrogens with one attached hydrogen (secondary N) is 1. The second kappa shape index (κ2) is 9.00. The Morgan fingerprint density at radius 3 is 2.60 bits per heavy atom. The van der Waals surface area contributed by atoms with E-state index in [-0.39, 0.29) is 5.97 Å². The predicted molar refractivity (Wildman–Crippen MR) is 78.4 cm³/mol. The maximum Gasteiger partial charge on any atom is 0.327 e. The first-order valence-corrected chi connectivity index (χ1v) is 6.79. The Morgan fingerprint density at radius 1 is 1.35 bits per heavy atom. The Hall–Kier alpha value is -1.99. The summed E-state index contributed by atoms with van der Waals surface area (Å²) in [7, 11) is 0. The molecular formula is C16H21NO3. The van der Waals surface area contributed by atoms with Crippen LogP contribution in [0.25, 0.3) is 0 Å². The topological polar surface area (TPSA) is 47.6 Å². The first-order chi connectivity index (χ1) is 9.72. The average molecular weight is 275 g/mol. The Kier molecular flexibility index (Phi) is 7.23. The van der Waals surface area contributed by atoms with E-state index in [0.29, 0.717) is 19.8 Å². The molecule has 1 unspecified atom stereocenters. The summed E-state index contributed by atoms with van der Waals surface area (Å²) in [5.74, 6) is 2.92. The molecule has 0 amide bonds. The number of carbonyl (C=O) groups excluding carboxylic acids is 1. The average Bonchev–Trinajstić information content (AvgIpc) is 2.47. The van der Waals surface area contributed by atoms with Gasteiger partial charge in [-0.05, 0) is 31.0 Å². The highest BCUT2D eigenvalue weighted by Gasteiger charge is 2.20. The maximum absolute atomic E-state index is 11.9. The SMILES string of the molecule is C#CCNC(C(=O)OCC)c1ccc(OCCC)cc1. The number of carbonyl (C=O) groups is 1. The number of esters is 1. The van der Waals surface area contributed by atoms with Crippen molar-refractivity contribution in [2.24, 2.45) is 0 Å². The molecule has 1 atom stereocenters. The van der Waals surface area contributed by atoms with Crippen LogP contribution < -0.4 is 10.1 Å². The molecule has 4 heteroatoms. The summed E-state index contributed by atoms with van der Waals surface area (Å²) in [5, 5.41) is 2.98. The van der Waals surface area contributed by atoms with Crippen molar-refractivity contribution < 1.29 is 14.3 Å². The molecule has 0 spiro atoms. The van der Waals surface area contributed by atoms with Crippen molar-refractivity contribution in [3.63, 3.8) is 0 Å². The van der Waals surface area contributed by atoms with E-state index in [1.165, 1.54) is 0 Å². The smallest absolute Gasteiger partial charge is 0.327 e. The summed E-state index contributed by atoms with van der Waals surface area (Å²) in [6.07, 6.45) is 6.18. The zero-order valence-electron chi connectivity index (χ0n) is 12.0. The minimum Gasteiger partial charge on any atom is -0.494 e. The number of hydrogen-bond acceptors (Lipinski definition) is 4. The van der Waals surface area contributed by atoms with Gasteiger partial charge in [0.1, 0.15) is 11.8 Å². The Bertz CT molecular complexity index is 448. The molecular weight excluding hydrogens is 254 g/mol. The fourth-order valence-corrected chi connectivity index (χ4v) is 1.70. The van der Waals surface area contributed by atoms with E-state index in [1.54, 1.807) is 6.92 Å². The third-order valence-electron chi connectivity index (χ3n) is 2.62. The summed E-state index contributed by atoms with van der Waals surface area (Å²) >= 11 is 0. The number of benzene rings is 1. The van der Waals surface area contributed by atoms with Gasteiger partial charge in [-0.15, -0.1) is 6.42 Å². The third kappa shape index (κ3) is 4.94. The monoisotopic (exact) mass is 275 g/mol. The molecule has 0 aliphatic rings. The van der Waals surface area contributed by atoms with Crippen LogP contribution in [0.5, 0.6) is 5.75 Å². The molecule has 0 fully saturated rings. The number of hydrogen-bond donors (Lipinski definition) is 1. The highest BCUT2D eigenvalue weighted by molar-refractivity contribution is 5.77. The van der Waals surface area contributed by atoms with E-state index < -0.39 is 6.04 Å². The molecule has 1 N–H and O–H groups in total. The molecule has 20 heavy (non-hydrogen) atoms. The molecule has 0 aliphatic carbocycles. The Balaban J connectivity index is 2.79. The molecule has 108 valence electrons. The zero-order valence-corrected chi connectivity index (χ0v) is 12.0. The van der Waals surface area contributed by atoms with Crippen molar-refractivity contribution in [1.82, 2.24) is 5.32 Å². The van der Waals surface area contributed by atoms with Gasteiger partial charge in [-0.25, -0.2) is 4.79 Å². The molecule has 1 rings (SSSR count). The van der Waals surface area contributed by atoms with Crippen molar-refractivity contribution in [2.45, 2.75) is 26.3 Å². The van der Waals surface area contributed by atoms with Gasteiger partial charge in [0.15, 0.2) is 0 Å². The summed E-state index contributed by atoms with van der Waals surface area (Å²) in [4.78, 5) is 11.9. The van der Waals surface area contributed by atoms with Crippen molar-refractivity contribution in [3.05, 3.63) is 29.8 Å². The lowest BCUT2D eigenvalue weighted by atomic mass is 10.1. The summed E-state index contributed by atoms with van der Waals surface area (Å²) in [5.41, 5.74) is 0.808. The van der Waals surface area contributed by atoms with Gasteiger partial charge in [-0.2, -0.15) is 0 Å². The first kappa shape index (κ1) is 16.1. The van der Waals surface area contributed by atoms with Crippen LogP contribution in [-0.2, 0) is 9.53 Å². The molecule has 0 radical (unpaired) electrons. The van der Waals surface area contributed by atoms with E-state index >= 15 is 0 Å². The molecule has 0 aromatic heterocycles. The van der Waals surface area contributed by atoms with E-state index in [2.05, 4.69) is 18.2 Å². The van der Waals surface area contributed by atoms with Crippen LogP contribution in [0.3, 0.4) is 0 Å². The second-order valence-electron chi connectivity index (χ2n) is 4.19. The summed E-state index contributed by atoms with van der Waals surface area (Å²) in [6, 6.07) is 6.82. The number of terminal acetylenes is 1. The van der Waals surface area contributed by atoms with Gasteiger partial charge in [0, 0.05) is 0 Å². The van der Waals surface area contributed by atoms with Crippen LogP contribution in [0.1, 0.15) is 31.9 Å². The van der Waals surface area contributed by atoms with Crippen molar-refractivity contribution in [1.29, 1.82) is 0 Å². The predicted octanol–water partition coefficient (Wildman–Crippen LogP) is 2.30. The molecule has 1 aromatic carbocycles. The Labute approximate surface area is 120 Å². The van der Waals surface area contributed by atoms with Crippen LogP contribution in [0.4, 0.5) is 0 Å². The fourth-order valence-electron chi connectivity index (χ4n) is 1.70. The fraction of sp³-hybridized carbons (Fsp3) is 0.438. The molecule has 4 nitrogen and oxygen atoms in total. The van der Waals surface area contributed by atoms with Crippen LogP contribution in [-0.4, -0.2) is 25.7 Å². The lowest BCUT2D eigenvalue weighted by Gasteiger charge is -2.16.